The predicted octanol–water partition coefficient (Wildman–Crippen LogP) is 2.92. The summed E-state index contributed by atoms with van der Waals surface area (Å²) in [4.78, 5) is 14.2. The van der Waals surface area contributed by atoms with Gasteiger partial charge in [-0.25, -0.2) is 0 Å². The molecule has 30 heavy (non-hydrogen) atoms. The van der Waals surface area contributed by atoms with Crippen LogP contribution >= 0.6 is 11.6 Å². The van der Waals surface area contributed by atoms with Gasteiger partial charge in [0, 0.05) is 37.4 Å². The van der Waals surface area contributed by atoms with E-state index in [0.717, 1.165) is 31.6 Å². The first-order valence-corrected chi connectivity index (χ1v) is 10.4. The van der Waals surface area contributed by atoms with Gasteiger partial charge in [-0.3, -0.25) is 9.58 Å². The van der Waals surface area contributed by atoms with Crippen molar-refractivity contribution in [1.82, 2.24) is 29.6 Å². The molecule has 3 aromatic heterocycles. The smallest absolute Gasteiger partial charge is 0.232 e. The number of nitrogens with zero attached hydrogens (tertiary/aromatic N) is 5. The van der Waals surface area contributed by atoms with Crippen molar-refractivity contribution in [3.63, 3.8) is 0 Å². The van der Waals surface area contributed by atoms with E-state index in [4.69, 9.17) is 16.3 Å². The van der Waals surface area contributed by atoms with Gasteiger partial charge < -0.3 is 20.1 Å². The van der Waals surface area contributed by atoms with E-state index in [2.05, 4.69) is 31.9 Å². The molecule has 1 aliphatic heterocycles. The second kappa shape index (κ2) is 7.26. The minimum Gasteiger partial charge on any atom is -0.472 e. The summed E-state index contributed by atoms with van der Waals surface area (Å²) in [6.07, 6.45) is 8.20. The van der Waals surface area contributed by atoms with E-state index >= 15 is 0 Å². The summed E-state index contributed by atoms with van der Waals surface area (Å²) < 4.78 is 8.25. The maximum Gasteiger partial charge on any atom is 0.232 e. The third kappa shape index (κ3) is 3.32. The summed E-state index contributed by atoms with van der Waals surface area (Å²) in [6.45, 7) is 7.88. The van der Waals surface area contributed by atoms with Crippen LogP contribution in [0.5, 0.6) is 5.88 Å². The van der Waals surface area contributed by atoms with Crippen molar-refractivity contribution in [3.05, 3.63) is 36.3 Å². The van der Waals surface area contributed by atoms with E-state index < -0.39 is 6.23 Å². The van der Waals surface area contributed by atoms with Crippen LogP contribution in [0.25, 0.3) is 11.0 Å². The fourth-order valence-electron chi connectivity index (χ4n) is 4.10. The molecule has 158 valence electrons. The Hall–Kier alpha value is -2.62. The van der Waals surface area contributed by atoms with Crippen LogP contribution in [-0.2, 0) is 6.54 Å². The number of aliphatic hydroxyl groups is 1. The molecule has 1 aliphatic carbocycles. The first-order chi connectivity index (χ1) is 14.5. The number of H-pyrrole nitrogens is 1. The summed E-state index contributed by atoms with van der Waals surface area (Å²) in [5.41, 5.74) is 1.43. The van der Waals surface area contributed by atoms with Crippen molar-refractivity contribution in [2.45, 2.75) is 38.6 Å². The molecule has 4 heterocycles. The standard InChI is InChI=1S/C20H24ClN7O2/c1-3-15(29)27-10-14(20(11-27)5-6-20)30-18-16-13(21)8-22-17(16)25-19(26-18)24-12-7-23-28(4-2)9-12/h3,7-9,14-15,29H,1,4-6,10-11H2,2H3,(H2,22,24,25,26). The summed E-state index contributed by atoms with van der Waals surface area (Å²) in [5, 5.41) is 18.8. The summed E-state index contributed by atoms with van der Waals surface area (Å²) in [5.74, 6) is 0.834. The fraction of sp³-hybridized carbons (Fsp3) is 0.450. The van der Waals surface area contributed by atoms with Gasteiger partial charge >= 0.3 is 0 Å². The third-order valence-electron chi connectivity index (χ3n) is 6.00. The molecule has 0 aromatic carbocycles. The molecule has 0 radical (unpaired) electrons. The van der Waals surface area contributed by atoms with Crippen molar-refractivity contribution in [2.75, 3.05) is 18.4 Å². The van der Waals surface area contributed by atoms with Crippen molar-refractivity contribution < 1.29 is 9.84 Å². The number of aryl methyl sites for hydroxylation is 1. The van der Waals surface area contributed by atoms with Crippen LogP contribution in [0.3, 0.4) is 0 Å². The molecule has 2 fully saturated rings. The van der Waals surface area contributed by atoms with E-state index in [9.17, 15) is 5.11 Å². The molecule has 9 nitrogen and oxygen atoms in total. The van der Waals surface area contributed by atoms with Gasteiger partial charge in [0.05, 0.1) is 22.3 Å². The van der Waals surface area contributed by atoms with Crippen LogP contribution in [-0.4, -0.2) is 60.2 Å². The highest BCUT2D eigenvalue weighted by Gasteiger charge is 2.57. The van der Waals surface area contributed by atoms with Crippen LogP contribution in [0.1, 0.15) is 19.8 Å². The lowest BCUT2D eigenvalue weighted by atomic mass is 10.0. The zero-order valence-electron chi connectivity index (χ0n) is 16.7. The van der Waals surface area contributed by atoms with Gasteiger partial charge in [-0.2, -0.15) is 15.1 Å². The second-order valence-electron chi connectivity index (χ2n) is 7.97. The Morgan fingerprint density at radius 2 is 2.33 bits per heavy atom. The van der Waals surface area contributed by atoms with Crippen molar-refractivity contribution in [2.24, 2.45) is 5.41 Å². The minimum absolute atomic E-state index is 0.0416. The third-order valence-corrected chi connectivity index (χ3v) is 6.29. The quantitative estimate of drug-likeness (QED) is 0.496. The number of hydrogen-bond acceptors (Lipinski definition) is 7. The number of aromatic nitrogens is 5. The van der Waals surface area contributed by atoms with Crippen LogP contribution in [0.15, 0.2) is 31.2 Å². The van der Waals surface area contributed by atoms with Crippen LogP contribution in [0.2, 0.25) is 5.02 Å². The normalized spacial score (nSPS) is 21.2. The lowest BCUT2D eigenvalue weighted by Gasteiger charge is -2.20. The van der Waals surface area contributed by atoms with Crippen molar-refractivity contribution in [1.29, 1.82) is 0 Å². The molecule has 0 bridgehead atoms. The van der Waals surface area contributed by atoms with Crippen molar-refractivity contribution >= 4 is 34.3 Å². The topological polar surface area (TPSA) is 104 Å². The molecule has 1 saturated carbocycles. The Morgan fingerprint density at radius 3 is 3.03 bits per heavy atom. The highest BCUT2D eigenvalue weighted by Crippen LogP contribution is 2.54. The van der Waals surface area contributed by atoms with E-state index in [0.29, 0.717) is 34.4 Å². The molecule has 1 saturated heterocycles. The van der Waals surface area contributed by atoms with Crippen LogP contribution < -0.4 is 10.1 Å². The van der Waals surface area contributed by atoms with Gasteiger partial charge in [0.2, 0.25) is 11.8 Å². The molecule has 2 unspecified atom stereocenters. The number of aliphatic hydroxyl groups excluding tert-OH is 1. The molecular formula is C20H24ClN7O2. The SMILES string of the molecule is C=CC(O)N1CC(Oc2nc(Nc3cnn(CC)c3)nc3[nH]cc(Cl)c23)C2(CC2)C1. The Morgan fingerprint density at radius 1 is 1.50 bits per heavy atom. The van der Waals surface area contributed by atoms with Crippen LogP contribution in [0, 0.1) is 5.41 Å². The average molecular weight is 430 g/mol. The van der Waals surface area contributed by atoms with E-state index in [1.165, 1.54) is 0 Å². The first-order valence-electron chi connectivity index (χ1n) is 10.1. The molecule has 3 N–H and O–H groups in total. The summed E-state index contributed by atoms with van der Waals surface area (Å²) >= 11 is 6.40. The average Bonchev–Trinajstić information content (AvgIpc) is 3.05. The molecule has 3 aromatic rings. The monoisotopic (exact) mass is 429 g/mol. The molecule has 5 rings (SSSR count). The van der Waals surface area contributed by atoms with Gasteiger partial charge in [0.1, 0.15) is 18.0 Å². The zero-order chi connectivity index (χ0) is 20.9. The lowest BCUT2D eigenvalue weighted by molar-refractivity contribution is 0.0516. The number of halogens is 1. The van der Waals surface area contributed by atoms with Crippen molar-refractivity contribution in [3.8, 4) is 5.88 Å². The molecule has 1 spiro atoms. The van der Waals surface area contributed by atoms with Crippen LogP contribution in [0.4, 0.5) is 11.6 Å². The number of likely N-dealkylation sites (tertiary alicyclic amines) is 1. The highest BCUT2D eigenvalue weighted by molar-refractivity contribution is 6.35. The number of anilines is 2. The number of nitrogens with one attached hydrogen (secondary N) is 2. The number of rotatable bonds is 7. The van der Waals surface area contributed by atoms with E-state index in [1.54, 1.807) is 18.5 Å². The zero-order valence-corrected chi connectivity index (χ0v) is 17.4. The maximum absolute atomic E-state index is 10.2. The van der Waals surface area contributed by atoms with Gasteiger partial charge in [0.25, 0.3) is 0 Å². The molecule has 2 aliphatic rings. The lowest BCUT2D eigenvalue weighted by Crippen LogP contribution is -2.33. The summed E-state index contributed by atoms with van der Waals surface area (Å²) in [6, 6.07) is 0. The Balaban J connectivity index is 1.46. The number of hydrogen-bond donors (Lipinski definition) is 3. The minimum atomic E-state index is -0.676. The fourth-order valence-corrected chi connectivity index (χ4v) is 4.33. The molecule has 2 atom stereocenters. The Kier molecular flexibility index (Phi) is 4.68. The number of ether oxygens (including phenoxy) is 1. The largest absolute Gasteiger partial charge is 0.472 e. The first kappa shape index (κ1) is 19.3. The molecular weight excluding hydrogens is 406 g/mol. The van der Waals surface area contributed by atoms with Gasteiger partial charge in [0.15, 0.2) is 0 Å². The van der Waals surface area contributed by atoms with E-state index in [1.807, 2.05) is 22.7 Å². The highest BCUT2D eigenvalue weighted by atomic mass is 35.5. The second-order valence-corrected chi connectivity index (χ2v) is 8.38. The number of aromatic amines is 1. The number of fused-ring (bicyclic) bond motifs is 1. The summed E-state index contributed by atoms with van der Waals surface area (Å²) in [7, 11) is 0. The Bertz CT molecular complexity index is 1090. The predicted molar refractivity (Wildman–Crippen MR) is 114 cm³/mol. The van der Waals surface area contributed by atoms with Gasteiger partial charge in [-0.1, -0.05) is 18.2 Å². The van der Waals surface area contributed by atoms with E-state index in [-0.39, 0.29) is 11.5 Å². The molecule has 10 heteroatoms. The van der Waals surface area contributed by atoms with Gasteiger partial charge in [-0.05, 0) is 25.8 Å². The molecule has 0 amide bonds. The van der Waals surface area contributed by atoms with Gasteiger partial charge in [-0.15, -0.1) is 0 Å². The Labute approximate surface area is 178 Å². The maximum atomic E-state index is 10.2.